The molecular formula is C12H14O. The second-order valence-corrected chi connectivity index (χ2v) is 3.91. The molecule has 1 nitrogen and oxygen atoms in total. The number of benzene rings is 1. The lowest BCUT2D eigenvalue weighted by Gasteiger charge is -2.33. The molecule has 0 spiro atoms. The minimum absolute atomic E-state index is 0.190. The van der Waals surface area contributed by atoms with Gasteiger partial charge in [-0.15, -0.1) is 0 Å². The highest BCUT2D eigenvalue weighted by atomic mass is 16.1. The largest absolute Gasteiger partial charge is 0.300 e. The van der Waals surface area contributed by atoms with Crippen LogP contribution in [0.2, 0.25) is 0 Å². The first-order valence-electron chi connectivity index (χ1n) is 4.78. The van der Waals surface area contributed by atoms with Crippen LogP contribution >= 0.6 is 0 Å². The summed E-state index contributed by atoms with van der Waals surface area (Å²) in [7, 11) is 0. The molecule has 2 unspecified atom stereocenters. The van der Waals surface area contributed by atoms with Crippen molar-refractivity contribution in [3.05, 3.63) is 35.4 Å². The number of fused-ring (bicyclic) bond motifs is 1. The molecule has 1 aromatic rings. The fraction of sp³-hybridized carbons (Fsp3) is 0.417. The van der Waals surface area contributed by atoms with Gasteiger partial charge in [0.15, 0.2) is 0 Å². The van der Waals surface area contributed by atoms with Crippen molar-refractivity contribution in [2.45, 2.75) is 26.2 Å². The molecule has 1 aromatic carbocycles. The molecular weight excluding hydrogens is 160 g/mol. The van der Waals surface area contributed by atoms with Gasteiger partial charge < -0.3 is 0 Å². The second kappa shape index (κ2) is 2.99. The molecule has 0 aromatic heterocycles. The summed E-state index contributed by atoms with van der Waals surface area (Å²) in [5.74, 6) is 0.975. The Balaban J connectivity index is 2.22. The highest BCUT2D eigenvalue weighted by Gasteiger charge is 2.31. The average molecular weight is 174 g/mol. The topological polar surface area (TPSA) is 17.1 Å². The maximum atomic E-state index is 11.2. The van der Waals surface area contributed by atoms with Crippen LogP contribution in [-0.4, -0.2) is 5.78 Å². The Kier molecular flexibility index (Phi) is 1.95. The fourth-order valence-electron chi connectivity index (χ4n) is 2.03. The molecule has 0 aliphatic heterocycles. The standard InChI is InChI=1S/C12H14O/c1-8(9(2)13)12-7-10-5-3-4-6-11(10)12/h3-6,8,12H,7H2,1-2H3. The van der Waals surface area contributed by atoms with Crippen LogP contribution in [-0.2, 0) is 11.2 Å². The number of ketones is 1. The van der Waals surface area contributed by atoms with Gasteiger partial charge in [0.05, 0.1) is 0 Å². The van der Waals surface area contributed by atoms with Gasteiger partial charge in [-0.3, -0.25) is 4.79 Å². The third kappa shape index (κ3) is 1.28. The Hall–Kier alpha value is -1.11. The Morgan fingerprint density at radius 3 is 2.77 bits per heavy atom. The van der Waals surface area contributed by atoms with E-state index in [0.717, 1.165) is 6.42 Å². The Morgan fingerprint density at radius 2 is 2.15 bits per heavy atom. The summed E-state index contributed by atoms with van der Waals surface area (Å²) in [6.45, 7) is 3.72. The minimum atomic E-state index is 0.190. The van der Waals surface area contributed by atoms with Crippen LogP contribution in [0, 0.1) is 5.92 Å². The molecule has 0 heterocycles. The van der Waals surface area contributed by atoms with Crippen molar-refractivity contribution in [2.75, 3.05) is 0 Å². The third-order valence-corrected chi connectivity index (χ3v) is 3.14. The van der Waals surface area contributed by atoms with E-state index in [9.17, 15) is 4.79 Å². The van der Waals surface area contributed by atoms with E-state index in [1.807, 2.05) is 6.92 Å². The second-order valence-electron chi connectivity index (χ2n) is 3.91. The van der Waals surface area contributed by atoms with Gasteiger partial charge in [0.2, 0.25) is 0 Å². The molecule has 0 saturated carbocycles. The molecule has 1 aliphatic carbocycles. The predicted octanol–water partition coefficient (Wildman–Crippen LogP) is 2.55. The molecule has 1 aliphatic rings. The van der Waals surface area contributed by atoms with Crippen molar-refractivity contribution in [3.63, 3.8) is 0 Å². The van der Waals surface area contributed by atoms with Crippen molar-refractivity contribution in [2.24, 2.45) is 5.92 Å². The number of hydrogen-bond donors (Lipinski definition) is 0. The van der Waals surface area contributed by atoms with E-state index in [1.165, 1.54) is 11.1 Å². The molecule has 0 radical (unpaired) electrons. The van der Waals surface area contributed by atoms with Crippen molar-refractivity contribution in [1.82, 2.24) is 0 Å². The predicted molar refractivity (Wildman–Crippen MR) is 52.7 cm³/mol. The summed E-state index contributed by atoms with van der Waals surface area (Å²) < 4.78 is 0. The number of carbonyl (C=O) groups excluding carboxylic acids is 1. The molecule has 0 saturated heterocycles. The van der Waals surface area contributed by atoms with Crippen LogP contribution in [0.25, 0.3) is 0 Å². The van der Waals surface area contributed by atoms with E-state index < -0.39 is 0 Å². The SMILES string of the molecule is CC(=O)C(C)C1Cc2ccccc21. The van der Waals surface area contributed by atoms with Crippen LogP contribution in [0.4, 0.5) is 0 Å². The van der Waals surface area contributed by atoms with E-state index in [2.05, 4.69) is 24.3 Å². The van der Waals surface area contributed by atoms with Crippen molar-refractivity contribution in [1.29, 1.82) is 0 Å². The average Bonchev–Trinajstić information content (AvgIpc) is 2.06. The van der Waals surface area contributed by atoms with Gasteiger partial charge in [-0.25, -0.2) is 0 Å². The lowest BCUT2D eigenvalue weighted by molar-refractivity contribution is -0.121. The van der Waals surface area contributed by atoms with Gasteiger partial charge in [0, 0.05) is 5.92 Å². The molecule has 68 valence electrons. The normalized spacial score (nSPS) is 21.5. The zero-order valence-corrected chi connectivity index (χ0v) is 8.08. The van der Waals surface area contributed by atoms with E-state index in [4.69, 9.17) is 0 Å². The highest BCUT2D eigenvalue weighted by molar-refractivity contribution is 5.79. The molecule has 0 N–H and O–H groups in total. The fourth-order valence-corrected chi connectivity index (χ4v) is 2.03. The maximum Gasteiger partial charge on any atom is 0.133 e. The van der Waals surface area contributed by atoms with Crippen molar-refractivity contribution in [3.8, 4) is 0 Å². The zero-order valence-electron chi connectivity index (χ0n) is 8.08. The molecule has 2 atom stereocenters. The first-order valence-corrected chi connectivity index (χ1v) is 4.78. The number of hydrogen-bond acceptors (Lipinski definition) is 1. The smallest absolute Gasteiger partial charge is 0.133 e. The molecule has 0 fully saturated rings. The van der Waals surface area contributed by atoms with Gasteiger partial charge in [0.1, 0.15) is 5.78 Å². The number of carbonyl (C=O) groups is 1. The lowest BCUT2D eigenvalue weighted by atomic mass is 9.70. The monoisotopic (exact) mass is 174 g/mol. The van der Waals surface area contributed by atoms with E-state index in [1.54, 1.807) is 6.92 Å². The van der Waals surface area contributed by atoms with Gasteiger partial charge >= 0.3 is 0 Å². The summed E-state index contributed by atoms with van der Waals surface area (Å²) in [6, 6.07) is 8.41. The minimum Gasteiger partial charge on any atom is -0.300 e. The highest BCUT2D eigenvalue weighted by Crippen LogP contribution is 2.40. The van der Waals surface area contributed by atoms with E-state index in [0.29, 0.717) is 11.7 Å². The summed E-state index contributed by atoms with van der Waals surface area (Å²) >= 11 is 0. The van der Waals surface area contributed by atoms with Crippen LogP contribution in [0.1, 0.15) is 30.9 Å². The maximum absolute atomic E-state index is 11.2. The van der Waals surface area contributed by atoms with Gasteiger partial charge in [-0.2, -0.15) is 0 Å². The summed E-state index contributed by atoms with van der Waals surface area (Å²) in [4.78, 5) is 11.2. The van der Waals surface area contributed by atoms with E-state index >= 15 is 0 Å². The van der Waals surface area contributed by atoms with Gasteiger partial charge in [-0.05, 0) is 30.4 Å². The quantitative estimate of drug-likeness (QED) is 0.673. The van der Waals surface area contributed by atoms with Gasteiger partial charge in [0.25, 0.3) is 0 Å². The molecule has 13 heavy (non-hydrogen) atoms. The van der Waals surface area contributed by atoms with Crippen LogP contribution in [0.15, 0.2) is 24.3 Å². The number of Topliss-reactive ketones (excluding diaryl/α,β-unsaturated/α-hetero) is 1. The third-order valence-electron chi connectivity index (χ3n) is 3.14. The summed E-state index contributed by atoms with van der Waals surface area (Å²) in [5.41, 5.74) is 2.80. The van der Waals surface area contributed by atoms with Crippen molar-refractivity contribution >= 4 is 5.78 Å². The first-order chi connectivity index (χ1) is 6.20. The molecule has 1 heteroatoms. The van der Waals surface area contributed by atoms with Crippen molar-refractivity contribution < 1.29 is 4.79 Å². The summed E-state index contributed by atoms with van der Waals surface area (Å²) in [6.07, 6.45) is 1.08. The van der Waals surface area contributed by atoms with Gasteiger partial charge in [-0.1, -0.05) is 31.2 Å². The molecule has 0 amide bonds. The first kappa shape index (κ1) is 8.49. The van der Waals surface area contributed by atoms with E-state index in [-0.39, 0.29) is 5.92 Å². The van der Waals surface area contributed by atoms with Crippen LogP contribution < -0.4 is 0 Å². The molecule has 2 rings (SSSR count). The Labute approximate surface area is 78.8 Å². The Bertz CT molecular complexity index is 341. The molecule has 0 bridgehead atoms. The lowest BCUT2D eigenvalue weighted by Crippen LogP contribution is -2.27. The van der Waals surface area contributed by atoms with Crippen LogP contribution in [0.5, 0.6) is 0 Å². The summed E-state index contributed by atoms with van der Waals surface area (Å²) in [5, 5.41) is 0. The van der Waals surface area contributed by atoms with Crippen LogP contribution in [0.3, 0.4) is 0 Å². The zero-order chi connectivity index (χ0) is 9.42. The number of rotatable bonds is 2. The Morgan fingerprint density at radius 1 is 1.46 bits per heavy atom.